The molecule has 0 aromatic rings. The van der Waals surface area contributed by atoms with Gasteiger partial charge in [-0.3, -0.25) is 0 Å². The van der Waals surface area contributed by atoms with Crippen LogP contribution in [0, 0.1) is 5.41 Å². The molecule has 0 unspecified atom stereocenters. The Bertz CT molecular complexity index is 130. The van der Waals surface area contributed by atoms with E-state index >= 15 is 0 Å². The fraction of sp³-hybridized carbons (Fsp3) is 1.00. The molecule has 15 heavy (non-hydrogen) atoms. The van der Waals surface area contributed by atoms with Crippen LogP contribution in [0.25, 0.3) is 0 Å². The van der Waals surface area contributed by atoms with E-state index in [4.69, 9.17) is 0 Å². The Hall–Kier alpha value is 0. The molecule has 1 aliphatic carbocycles. The monoisotopic (exact) mass is 210 g/mol. The molecule has 1 aliphatic rings. The van der Waals surface area contributed by atoms with Crippen molar-refractivity contribution in [3.8, 4) is 0 Å². The molecule has 0 saturated heterocycles. The van der Waals surface area contributed by atoms with Gasteiger partial charge in [-0.2, -0.15) is 0 Å². The second-order valence-corrected chi connectivity index (χ2v) is 5.62. The summed E-state index contributed by atoms with van der Waals surface area (Å²) >= 11 is 0. The zero-order valence-corrected chi connectivity index (χ0v) is 11.0. The SMILES string of the molecule is CCCCC1(CCCC)CCCCCC1. The van der Waals surface area contributed by atoms with Gasteiger partial charge in [0.15, 0.2) is 0 Å². The summed E-state index contributed by atoms with van der Waals surface area (Å²) in [5, 5.41) is 0. The van der Waals surface area contributed by atoms with Crippen LogP contribution in [-0.4, -0.2) is 0 Å². The van der Waals surface area contributed by atoms with E-state index in [-0.39, 0.29) is 0 Å². The lowest BCUT2D eigenvalue weighted by atomic mass is 9.72. The van der Waals surface area contributed by atoms with Crippen LogP contribution < -0.4 is 0 Å². The Morgan fingerprint density at radius 3 is 1.60 bits per heavy atom. The lowest BCUT2D eigenvalue weighted by Crippen LogP contribution is -2.20. The van der Waals surface area contributed by atoms with Gasteiger partial charge in [0.25, 0.3) is 0 Å². The van der Waals surface area contributed by atoms with Crippen molar-refractivity contribution in [2.75, 3.05) is 0 Å². The summed E-state index contributed by atoms with van der Waals surface area (Å²) < 4.78 is 0. The molecule has 0 spiro atoms. The van der Waals surface area contributed by atoms with Crippen molar-refractivity contribution in [1.29, 1.82) is 0 Å². The van der Waals surface area contributed by atoms with Crippen LogP contribution in [0.5, 0.6) is 0 Å². The third kappa shape index (κ3) is 4.57. The molecule has 0 radical (unpaired) electrons. The van der Waals surface area contributed by atoms with Crippen molar-refractivity contribution in [3.63, 3.8) is 0 Å². The van der Waals surface area contributed by atoms with Crippen LogP contribution in [0.15, 0.2) is 0 Å². The van der Waals surface area contributed by atoms with Crippen LogP contribution in [0.4, 0.5) is 0 Å². The fourth-order valence-corrected chi connectivity index (χ4v) is 3.21. The maximum Gasteiger partial charge on any atom is -0.0297 e. The van der Waals surface area contributed by atoms with Crippen molar-refractivity contribution in [2.24, 2.45) is 5.41 Å². The first-order valence-corrected chi connectivity index (χ1v) is 7.33. The molecule has 0 nitrogen and oxygen atoms in total. The minimum absolute atomic E-state index is 0.766. The molecular formula is C15H30. The summed E-state index contributed by atoms with van der Waals surface area (Å²) in [7, 11) is 0. The molecule has 0 amide bonds. The molecule has 0 heterocycles. The maximum absolute atomic E-state index is 2.34. The van der Waals surface area contributed by atoms with Crippen molar-refractivity contribution >= 4 is 0 Å². The van der Waals surface area contributed by atoms with E-state index in [0.717, 1.165) is 5.41 Å². The number of unbranched alkanes of at least 4 members (excludes halogenated alkanes) is 2. The van der Waals surface area contributed by atoms with Gasteiger partial charge in [0.2, 0.25) is 0 Å². The standard InChI is InChI=1S/C15H30/c1-3-5-11-15(12-6-4-2)13-9-7-8-10-14-15/h3-14H2,1-2H3. The highest BCUT2D eigenvalue weighted by molar-refractivity contribution is 4.81. The first-order chi connectivity index (χ1) is 7.33. The van der Waals surface area contributed by atoms with E-state index in [0.29, 0.717) is 0 Å². The zero-order valence-electron chi connectivity index (χ0n) is 11.0. The summed E-state index contributed by atoms with van der Waals surface area (Å²) in [5.74, 6) is 0. The van der Waals surface area contributed by atoms with Gasteiger partial charge in [-0.1, -0.05) is 65.2 Å². The summed E-state index contributed by atoms with van der Waals surface area (Å²) in [5.41, 5.74) is 0.766. The first kappa shape index (κ1) is 13.1. The molecule has 0 aromatic heterocycles. The lowest BCUT2D eigenvalue weighted by Gasteiger charge is -2.33. The van der Waals surface area contributed by atoms with Crippen LogP contribution >= 0.6 is 0 Å². The minimum Gasteiger partial charge on any atom is -0.0654 e. The molecule has 1 saturated carbocycles. The summed E-state index contributed by atoms with van der Waals surface area (Å²) in [6.45, 7) is 4.68. The van der Waals surface area contributed by atoms with E-state index in [1.807, 2.05) is 0 Å². The molecule has 0 bridgehead atoms. The van der Waals surface area contributed by atoms with Gasteiger partial charge in [0.1, 0.15) is 0 Å². The predicted octanol–water partition coefficient (Wildman–Crippen LogP) is 5.71. The van der Waals surface area contributed by atoms with E-state index in [1.54, 1.807) is 0 Å². The lowest BCUT2D eigenvalue weighted by molar-refractivity contribution is 0.191. The summed E-state index contributed by atoms with van der Waals surface area (Å²) in [6, 6.07) is 0. The Morgan fingerprint density at radius 2 is 1.20 bits per heavy atom. The Labute approximate surface area is 96.8 Å². The molecule has 0 heteroatoms. The number of hydrogen-bond acceptors (Lipinski definition) is 0. The summed E-state index contributed by atoms with van der Waals surface area (Å²) in [4.78, 5) is 0. The van der Waals surface area contributed by atoms with Crippen molar-refractivity contribution in [2.45, 2.75) is 90.9 Å². The largest absolute Gasteiger partial charge is 0.0654 e. The molecule has 1 rings (SSSR count). The molecule has 0 N–H and O–H groups in total. The topological polar surface area (TPSA) is 0 Å². The van der Waals surface area contributed by atoms with Gasteiger partial charge in [0, 0.05) is 0 Å². The normalized spacial score (nSPS) is 21.2. The van der Waals surface area contributed by atoms with Crippen LogP contribution in [0.2, 0.25) is 0 Å². The van der Waals surface area contributed by atoms with Crippen molar-refractivity contribution < 1.29 is 0 Å². The average molecular weight is 210 g/mol. The summed E-state index contributed by atoms with van der Waals surface area (Å²) in [6.07, 6.45) is 17.8. The van der Waals surface area contributed by atoms with Gasteiger partial charge in [0.05, 0.1) is 0 Å². The van der Waals surface area contributed by atoms with E-state index in [2.05, 4.69) is 13.8 Å². The van der Waals surface area contributed by atoms with Crippen LogP contribution in [0.1, 0.15) is 90.9 Å². The zero-order chi connectivity index (χ0) is 11.0. The quantitative estimate of drug-likeness (QED) is 0.493. The minimum atomic E-state index is 0.766. The average Bonchev–Trinajstić information content (AvgIpc) is 2.50. The van der Waals surface area contributed by atoms with Crippen molar-refractivity contribution in [3.05, 3.63) is 0 Å². The second-order valence-electron chi connectivity index (χ2n) is 5.62. The second kappa shape index (κ2) is 7.30. The molecular weight excluding hydrogens is 180 g/mol. The van der Waals surface area contributed by atoms with Gasteiger partial charge in [-0.25, -0.2) is 0 Å². The third-order valence-corrected chi connectivity index (χ3v) is 4.29. The third-order valence-electron chi connectivity index (χ3n) is 4.29. The highest BCUT2D eigenvalue weighted by Gasteiger charge is 2.29. The van der Waals surface area contributed by atoms with E-state index < -0.39 is 0 Å². The van der Waals surface area contributed by atoms with E-state index in [1.165, 1.54) is 77.0 Å². The smallest absolute Gasteiger partial charge is 0.0297 e. The molecule has 0 atom stereocenters. The molecule has 90 valence electrons. The van der Waals surface area contributed by atoms with Crippen molar-refractivity contribution in [1.82, 2.24) is 0 Å². The Kier molecular flexibility index (Phi) is 6.36. The maximum atomic E-state index is 2.34. The Morgan fingerprint density at radius 1 is 0.733 bits per heavy atom. The van der Waals surface area contributed by atoms with Gasteiger partial charge < -0.3 is 0 Å². The van der Waals surface area contributed by atoms with Crippen LogP contribution in [0.3, 0.4) is 0 Å². The molecule has 0 aromatic carbocycles. The van der Waals surface area contributed by atoms with Gasteiger partial charge >= 0.3 is 0 Å². The fourth-order valence-electron chi connectivity index (χ4n) is 3.21. The first-order valence-electron chi connectivity index (χ1n) is 7.33. The molecule has 0 aliphatic heterocycles. The predicted molar refractivity (Wildman–Crippen MR) is 69.2 cm³/mol. The van der Waals surface area contributed by atoms with Gasteiger partial charge in [-0.05, 0) is 31.1 Å². The Balaban J connectivity index is 2.47. The van der Waals surface area contributed by atoms with E-state index in [9.17, 15) is 0 Å². The number of rotatable bonds is 6. The van der Waals surface area contributed by atoms with Crippen LogP contribution in [-0.2, 0) is 0 Å². The highest BCUT2D eigenvalue weighted by Crippen LogP contribution is 2.43. The highest BCUT2D eigenvalue weighted by atomic mass is 14.3. The molecule has 1 fully saturated rings. The van der Waals surface area contributed by atoms with Gasteiger partial charge in [-0.15, -0.1) is 0 Å². The number of hydrogen-bond donors (Lipinski definition) is 0.